The minimum Gasteiger partial charge on any atom is -0.467 e. The summed E-state index contributed by atoms with van der Waals surface area (Å²) in [4.78, 5) is 23.1. The molecule has 0 radical (unpaired) electrons. The molecular weight excluding hydrogens is 232 g/mol. The van der Waals surface area contributed by atoms with Gasteiger partial charge in [0.25, 0.3) is 0 Å². The highest BCUT2D eigenvalue weighted by Crippen LogP contribution is 2.24. The molecule has 2 rings (SSSR count). The molecule has 0 fully saturated rings. The van der Waals surface area contributed by atoms with Crippen molar-refractivity contribution in [3.63, 3.8) is 0 Å². The van der Waals surface area contributed by atoms with Gasteiger partial charge in [0, 0.05) is 10.6 Å². The Bertz CT molecular complexity index is 455. The number of esters is 1. The molecule has 0 aromatic heterocycles. The Labute approximate surface area is 97.1 Å². The van der Waals surface area contributed by atoms with Gasteiger partial charge < -0.3 is 9.47 Å². The summed E-state index contributed by atoms with van der Waals surface area (Å²) in [6.07, 6.45) is -1.15. The van der Waals surface area contributed by atoms with Crippen LogP contribution in [0.1, 0.15) is 15.9 Å². The van der Waals surface area contributed by atoms with Crippen LogP contribution in [0.4, 0.5) is 0 Å². The van der Waals surface area contributed by atoms with E-state index in [0.29, 0.717) is 16.1 Å². The topological polar surface area (TPSA) is 52.6 Å². The van der Waals surface area contributed by atoms with Crippen molar-refractivity contribution in [3.05, 3.63) is 34.3 Å². The minimum atomic E-state index is -1.15. The van der Waals surface area contributed by atoms with Gasteiger partial charge in [0.05, 0.1) is 13.7 Å². The van der Waals surface area contributed by atoms with Crippen molar-refractivity contribution in [2.45, 2.75) is 12.7 Å². The van der Waals surface area contributed by atoms with Crippen molar-refractivity contribution >= 4 is 23.4 Å². The molecular formula is C11H9ClO4. The second-order valence-corrected chi connectivity index (χ2v) is 3.82. The van der Waals surface area contributed by atoms with E-state index in [1.54, 1.807) is 18.2 Å². The van der Waals surface area contributed by atoms with Gasteiger partial charge in [-0.25, -0.2) is 4.79 Å². The van der Waals surface area contributed by atoms with Crippen LogP contribution < -0.4 is 0 Å². The van der Waals surface area contributed by atoms with Crippen molar-refractivity contribution in [3.8, 4) is 0 Å². The molecule has 1 aliphatic heterocycles. The van der Waals surface area contributed by atoms with Crippen LogP contribution in [0.25, 0.3) is 0 Å². The lowest BCUT2D eigenvalue weighted by molar-refractivity contribution is -0.151. The molecule has 1 aromatic rings. The van der Waals surface area contributed by atoms with E-state index in [1.807, 2.05) is 0 Å². The van der Waals surface area contributed by atoms with Crippen LogP contribution in [0.5, 0.6) is 0 Å². The number of ketones is 1. The maximum absolute atomic E-state index is 11.9. The number of halogens is 1. The van der Waals surface area contributed by atoms with Crippen LogP contribution in [-0.2, 0) is 20.9 Å². The smallest absolute Gasteiger partial charge is 0.343 e. The third-order valence-electron chi connectivity index (χ3n) is 2.39. The van der Waals surface area contributed by atoms with Crippen LogP contribution in [-0.4, -0.2) is 25.0 Å². The molecule has 0 amide bonds. The van der Waals surface area contributed by atoms with E-state index in [0.717, 1.165) is 0 Å². The van der Waals surface area contributed by atoms with E-state index in [2.05, 4.69) is 4.74 Å². The zero-order valence-electron chi connectivity index (χ0n) is 8.53. The zero-order chi connectivity index (χ0) is 11.7. The molecule has 0 bridgehead atoms. The normalized spacial score (nSPS) is 19.1. The van der Waals surface area contributed by atoms with E-state index < -0.39 is 12.1 Å². The van der Waals surface area contributed by atoms with E-state index in [1.165, 1.54) is 7.11 Å². The molecule has 1 aromatic carbocycles. The van der Waals surface area contributed by atoms with E-state index in [-0.39, 0.29) is 12.4 Å². The molecule has 4 nitrogen and oxygen atoms in total. The number of methoxy groups -OCH3 is 1. The van der Waals surface area contributed by atoms with Crippen LogP contribution in [0.15, 0.2) is 18.2 Å². The second kappa shape index (κ2) is 4.23. The third kappa shape index (κ3) is 1.81. The number of hydrogen-bond acceptors (Lipinski definition) is 4. The first kappa shape index (κ1) is 11.1. The predicted molar refractivity (Wildman–Crippen MR) is 56.4 cm³/mol. The first-order valence-electron chi connectivity index (χ1n) is 4.65. The van der Waals surface area contributed by atoms with Gasteiger partial charge in [0.1, 0.15) is 0 Å². The maximum Gasteiger partial charge on any atom is 0.343 e. The Hall–Kier alpha value is -1.39. The van der Waals surface area contributed by atoms with Crippen molar-refractivity contribution < 1.29 is 19.1 Å². The standard InChI is InChI=1S/C11H9ClO4/c1-15-11(14)10-9(13)8-3-2-7(12)4-6(8)5-16-10/h2-4,10H,5H2,1H3. The molecule has 1 atom stereocenters. The van der Waals surface area contributed by atoms with Crippen LogP contribution >= 0.6 is 11.6 Å². The molecule has 1 aliphatic rings. The second-order valence-electron chi connectivity index (χ2n) is 3.38. The molecule has 0 saturated carbocycles. The summed E-state index contributed by atoms with van der Waals surface area (Å²) in [5, 5.41) is 0.534. The summed E-state index contributed by atoms with van der Waals surface area (Å²) in [6, 6.07) is 4.86. The molecule has 5 heteroatoms. The molecule has 0 saturated heterocycles. The Morgan fingerprint density at radius 2 is 2.31 bits per heavy atom. The molecule has 0 N–H and O–H groups in total. The molecule has 1 unspecified atom stereocenters. The fourth-order valence-corrected chi connectivity index (χ4v) is 1.79. The highest BCUT2D eigenvalue weighted by molar-refractivity contribution is 6.30. The van der Waals surface area contributed by atoms with E-state index in [9.17, 15) is 9.59 Å². The summed E-state index contributed by atoms with van der Waals surface area (Å²) in [6.45, 7) is 0.182. The summed E-state index contributed by atoms with van der Waals surface area (Å²) in [5.74, 6) is -1.06. The summed E-state index contributed by atoms with van der Waals surface area (Å²) >= 11 is 5.79. The molecule has 0 spiro atoms. The highest BCUT2D eigenvalue weighted by Gasteiger charge is 2.34. The number of carbonyl (C=O) groups excluding carboxylic acids is 2. The Morgan fingerprint density at radius 3 is 3.00 bits per heavy atom. The minimum absolute atomic E-state index is 0.182. The number of hydrogen-bond donors (Lipinski definition) is 0. The lowest BCUT2D eigenvalue weighted by atomic mass is 9.98. The van der Waals surface area contributed by atoms with Gasteiger partial charge in [-0.15, -0.1) is 0 Å². The zero-order valence-corrected chi connectivity index (χ0v) is 9.28. The van der Waals surface area contributed by atoms with Crippen LogP contribution in [0, 0.1) is 0 Å². The number of Topliss-reactive ketones (excluding diaryl/α,β-unsaturated/α-hetero) is 1. The Balaban J connectivity index is 2.36. The fraction of sp³-hybridized carbons (Fsp3) is 0.273. The van der Waals surface area contributed by atoms with Crippen molar-refractivity contribution in [2.75, 3.05) is 7.11 Å². The lowest BCUT2D eigenvalue weighted by Gasteiger charge is -2.22. The van der Waals surface area contributed by atoms with Gasteiger partial charge in [-0.2, -0.15) is 0 Å². The van der Waals surface area contributed by atoms with Gasteiger partial charge >= 0.3 is 5.97 Å². The average molecular weight is 241 g/mol. The van der Waals surface area contributed by atoms with Crippen molar-refractivity contribution in [1.29, 1.82) is 0 Å². The van der Waals surface area contributed by atoms with E-state index in [4.69, 9.17) is 16.3 Å². The summed E-state index contributed by atoms with van der Waals surface area (Å²) in [5.41, 5.74) is 1.16. The quantitative estimate of drug-likeness (QED) is 0.553. The number of fused-ring (bicyclic) bond motifs is 1. The molecule has 1 heterocycles. The SMILES string of the molecule is COC(=O)C1OCc2cc(Cl)ccc2C1=O. The molecule has 0 aliphatic carbocycles. The molecule has 16 heavy (non-hydrogen) atoms. The lowest BCUT2D eigenvalue weighted by Crippen LogP contribution is -2.37. The van der Waals surface area contributed by atoms with Gasteiger partial charge in [0.2, 0.25) is 11.9 Å². The predicted octanol–water partition coefficient (Wildman–Crippen LogP) is 1.59. The summed E-state index contributed by atoms with van der Waals surface area (Å²) in [7, 11) is 1.22. The largest absolute Gasteiger partial charge is 0.467 e. The number of carbonyl (C=O) groups is 2. The van der Waals surface area contributed by atoms with Crippen molar-refractivity contribution in [2.24, 2.45) is 0 Å². The fourth-order valence-electron chi connectivity index (χ4n) is 1.59. The summed E-state index contributed by atoms with van der Waals surface area (Å²) < 4.78 is 9.63. The molecule has 84 valence electrons. The van der Waals surface area contributed by atoms with Gasteiger partial charge in [0.15, 0.2) is 0 Å². The van der Waals surface area contributed by atoms with Gasteiger partial charge in [-0.1, -0.05) is 11.6 Å². The Kier molecular flexibility index (Phi) is 2.94. The number of rotatable bonds is 1. The van der Waals surface area contributed by atoms with Crippen LogP contribution in [0.3, 0.4) is 0 Å². The third-order valence-corrected chi connectivity index (χ3v) is 2.63. The van der Waals surface area contributed by atoms with Crippen LogP contribution in [0.2, 0.25) is 5.02 Å². The Morgan fingerprint density at radius 1 is 1.56 bits per heavy atom. The first-order valence-corrected chi connectivity index (χ1v) is 5.03. The maximum atomic E-state index is 11.9. The average Bonchev–Trinajstić information content (AvgIpc) is 2.28. The van der Waals surface area contributed by atoms with E-state index >= 15 is 0 Å². The number of benzene rings is 1. The van der Waals surface area contributed by atoms with Gasteiger partial charge in [-0.3, -0.25) is 4.79 Å². The van der Waals surface area contributed by atoms with Gasteiger partial charge in [-0.05, 0) is 23.8 Å². The number of ether oxygens (including phenoxy) is 2. The monoisotopic (exact) mass is 240 g/mol. The van der Waals surface area contributed by atoms with Crippen molar-refractivity contribution in [1.82, 2.24) is 0 Å². The first-order chi connectivity index (χ1) is 7.63. The highest BCUT2D eigenvalue weighted by atomic mass is 35.5.